The molecular formula is C26H23N3O2. The van der Waals surface area contributed by atoms with E-state index < -0.39 is 5.92 Å². The molecule has 5 rings (SSSR count). The van der Waals surface area contributed by atoms with Gasteiger partial charge in [0.25, 0.3) is 5.56 Å². The highest BCUT2D eigenvalue weighted by molar-refractivity contribution is 6.10. The Morgan fingerprint density at radius 2 is 1.55 bits per heavy atom. The van der Waals surface area contributed by atoms with Crippen molar-refractivity contribution in [3.8, 4) is 0 Å². The summed E-state index contributed by atoms with van der Waals surface area (Å²) in [5, 5.41) is 0.601. The highest BCUT2D eigenvalue weighted by Gasteiger charge is 2.38. The molecule has 31 heavy (non-hydrogen) atoms. The number of benzene rings is 3. The zero-order chi connectivity index (χ0) is 21.5. The van der Waals surface area contributed by atoms with Gasteiger partial charge in [-0.1, -0.05) is 48.5 Å². The molecular weight excluding hydrogens is 386 g/mol. The van der Waals surface area contributed by atoms with Gasteiger partial charge in [-0.2, -0.15) is 0 Å². The lowest BCUT2D eigenvalue weighted by atomic mass is 9.96. The van der Waals surface area contributed by atoms with Crippen LogP contribution in [-0.4, -0.2) is 15.5 Å². The molecule has 0 aliphatic carbocycles. The van der Waals surface area contributed by atoms with Gasteiger partial charge in [0.2, 0.25) is 5.91 Å². The van der Waals surface area contributed by atoms with Crippen LogP contribution in [0, 0.1) is 0 Å². The van der Waals surface area contributed by atoms with Crippen molar-refractivity contribution in [2.45, 2.75) is 32.2 Å². The van der Waals surface area contributed by atoms with Crippen molar-refractivity contribution >= 4 is 28.2 Å². The lowest BCUT2D eigenvalue weighted by molar-refractivity contribution is -0.118. The Morgan fingerprint density at radius 3 is 2.32 bits per heavy atom. The molecule has 3 aromatic carbocycles. The normalized spacial score (nSPS) is 15.6. The van der Waals surface area contributed by atoms with Crippen molar-refractivity contribution in [1.82, 2.24) is 9.55 Å². The molecule has 1 unspecified atom stereocenters. The van der Waals surface area contributed by atoms with Crippen molar-refractivity contribution in [2.75, 3.05) is 4.90 Å². The number of hydrogen-bond donors (Lipinski definition) is 0. The van der Waals surface area contributed by atoms with E-state index in [1.807, 2.05) is 86.6 Å². The van der Waals surface area contributed by atoms with E-state index in [0.717, 1.165) is 16.9 Å². The number of para-hydroxylation sites is 3. The molecule has 0 N–H and O–H groups in total. The van der Waals surface area contributed by atoms with Gasteiger partial charge >= 0.3 is 0 Å². The maximum Gasteiger partial charge on any atom is 0.261 e. The Balaban J connectivity index is 1.64. The molecule has 0 spiro atoms. The highest BCUT2D eigenvalue weighted by atomic mass is 16.2. The summed E-state index contributed by atoms with van der Waals surface area (Å²) < 4.78 is 1.73. The Morgan fingerprint density at radius 1 is 0.871 bits per heavy atom. The van der Waals surface area contributed by atoms with E-state index in [2.05, 4.69) is 0 Å². The number of anilines is 2. The van der Waals surface area contributed by atoms with Gasteiger partial charge in [0.15, 0.2) is 0 Å². The first-order valence-corrected chi connectivity index (χ1v) is 10.5. The molecule has 2 heterocycles. The average molecular weight is 409 g/mol. The SMILES string of the molecule is CC(C)n1c(CC2C(=O)N(c3ccccc3)c3ccccc32)nc2ccccc2c1=O. The van der Waals surface area contributed by atoms with E-state index in [0.29, 0.717) is 23.1 Å². The van der Waals surface area contributed by atoms with E-state index in [1.54, 1.807) is 15.5 Å². The van der Waals surface area contributed by atoms with Crippen molar-refractivity contribution in [1.29, 1.82) is 0 Å². The second-order valence-electron chi connectivity index (χ2n) is 8.14. The summed E-state index contributed by atoms with van der Waals surface area (Å²) in [6.45, 7) is 3.95. The van der Waals surface area contributed by atoms with Gasteiger partial charge in [-0.3, -0.25) is 19.1 Å². The predicted octanol–water partition coefficient (Wildman–Crippen LogP) is 4.98. The van der Waals surface area contributed by atoms with Crippen LogP contribution in [0.3, 0.4) is 0 Å². The van der Waals surface area contributed by atoms with Crippen molar-refractivity contribution in [3.63, 3.8) is 0 Å². The van der Waals surface area contributed by atoms with Gasteiger partial charge in [-0.05, 0) is 49.7 Å². The first kappa shape index (κ1) is 19.2. The van der Waals surface area contributed by atoms with Gasteiger partial charge < -0.3 is 0 Å². The number of nitrogens with zero attached hydrogens (tertiary/aromatic N) is 3. The zero-order valence-electron chi connectivity index (χ0n) is 17.5. The molecule has 5 heteroatoms. The minimum atomic E-state index is -0.394. The quantitative estimate of drug-likeness (QED) is 0.478. The fourth-order valence-corrected chi connectivity index (χ4v) is 4.49. The first-order chi connectivity index (χ1) is 15.1. The maximum absolute atomic E-state index is 13.6. The average Bonchev–Trinajstić information content (AvgIpc) is 3.05. The van der Waals surface area contributed by atoms with Gasteiger partial charge in [0.1, 0.15) is 5.82 Å². The fourth-order valence-electron chi connectivity index (χ4n) is 4.49. The number of rotatable bonds is 4. The fraction of sp³-hybridized carbons (Fsp3) is 0.192. The van der Waals surface area contributed by atoms with E-state index >= 15 is 0 Å². The van der Waals surface area contributed by atoms with Crippen LogP contribution in [-0.2, 0) is 11.2 Å². The lowest BCUT2D eigenvalue weighted by Gasteiger charge is -2.20. The van der Waals surface area contributed by atoms with Crippen LogP contribution in [0.25, 0.3) is 10.9 Å². The summed E-state index contributed by atoms with van der Waals surface area (Å²) in [4.78, 5) is 33.4. The molecule has 5 nitrogen and oxygen atoms in total. The van der Waals surface area contributed by atoms with E-state index in [1.165, 1.54) is 0 Å². The van der Waals surface area contributed by atoms with Crippen LogP contribution in [0.4, 0.5) is 11.4 Å². The second kappa shape index (κ2) is 7.51. The third-order valence-corrected chi connectivity index (χ3v) is 5.87. The summed E-state index contributed by atoms with van der Waals surface area (Å²) in [6.07, 6.45) is 0.372. The Kier molecular flexibility index (Phi) is 4.66. The van der Waals surface area contributed by atoms with Gasteiger partial charge in [0, 0.05) is 18.2 Å². The summed E-state index contributed by atoms with van der Waals surface area (Å²) in [6, 6.07) is 24.9. The topological polar surface area (TPSA) is 55.2 Å². The molecule has 4 aromatic rings. The summed E-state index contributed by atoms with van der Waals surface area (Å²) in [5.41, 5.74) is 3.31. The summed E-state index contributed by atoms with van der Waals surface area (Å²) in [5.74, 6) is 0.251. The minimum Gasteiger partial charge on any atom is -0.294 e. The number of amides is 1. The van der Waals surface area contributed by atoms with Crippen LogP contribution in [0.15, 0.2) is 83.7 Å². The first-order valence-electron chi connectivity index (χ1n) is 10.5. The zero-order valence-corrected chi connectivity index (χ0v) is 17.5. The molecule has 1 aliphatic heterocycles. The van der Waals surface area contributed by atoms with Crippen LogP contribution >= 0.6 is 0 Å². The van der Waals surface area contributed by atoms with Gasteiger partial charge in [-0.15, -0.1) is 0 Å². The van der Waals surface area contributed by atoms with E-state index in [4.69, 9.17) is 4.98 Å². The standard InChI is InChI=1S/C26H23N3O2/c1-17(2)28-24(27-22-14-8-6-13-20(22)25(28)30)16-21-19-12-7-9-15-23(19)29(26(21)31)18-10-4-3-5-11-18/h3-15,17,21H,16H2,1-2H3. The highest BCUT2D eigenvalue weighted by Crippen LogP contribution is 2.43. The number of hydrogen-bond acceptors (Lipinski definition) is 3. The third kappa shape index (κ3) is 3.13. The van der Waals surface area contributed by atoms with Crippen LogP contribution in [0.5, 0.6) is 0 Å². The number of carbonyl (C=O) groups is 1. The smallest absolute Gasteiger partial charge is 0.261 e. The molecule has 1 amide bonds. The van der Waals surface area contributed by atoms with Crippen LogP contribution < -0.4 is 10.5 Å². The largest absolute Gasteiger partial charge is 0.294 e. The Hall–Kier alpha value is -3.73. The maximum atomic E-state index is 13.6. The number of aromatic nitrogens is 2. The van der Waals surface area contributed by atoms with Crippen LogP contribution in [0.1, 0.15) is 37.2 Å². The minimum absolute atomic E-state index is 0.00473. The summed E-state index contributed by atoms with van der Waals surface area (Å²) in [7, 11) is 0. The molecule has 0 saturated carbocycles. The molecule has 0 saturated heterocycles. The third-order valence-electron chi connectivity index (χ3n) is 5.87. The molecule has 0 radical (unpaired) electrons. The Labute approximate surface area is 180 Å². The molecule has 1 aromatic heterocycles. The molecule has 0 bridgehead atoms. The number of fused-ring (bicyclic) bond motifs is 2. The molecule has 1 aliphatic rings. The monoisotopic (exact) mass is 409 g/mol. The molecule has 1 atom stereocenters. The Bertz CT molecular complexity index is 1340. The van der Waals surface area contributed by atoms with Crippen molar-refractivity contribution < 1.29 is 4.79 Å². The van der Waals surface area contributed by atoms with Crippen molar-refractivity contribution in [2.24, 2.45) is 0 Å². The predicted molar refractivity (Wildman–Crippen MR) is 123 cm³/mol. The van der Waals surface area contributed by atoms with Crippen LogP contribution in [0.2, 0.25) is 0 Å². The lowest BCUT2D eigenvalue weighted by Crippen LogP contribution is -2.30. The van der Waals surface area contributed by atoms with E-state index in [9.17, 15) is 9.59 Å². The van der Waals surface area contributed by atoms with Gasteiger partial charge in [0.05, 0.1) is 22.5 Å². The summed E-state index contributed by atoms with van der Waals surface area (Å²) >= 11 is 0. The second-order valence-corrected chi connectivity index (χ2v) is 8.14. The van der Waals surface area contributed by atoms with Crippen molar-refractivity contribution in [3.05, 3.63) is 101 Å². The molecule has 0 fully saturated rings. The number of carbonyl (C=O) groups excluding carboxylic acids is 1. The van der Waals surface area contributed by atoms with Gasteiger partial charge in [-0.25, -0.2) is 4.98 Å². The van der Waals surface area contributed by atoms with E-state index in [-0.39, 0.29) is 17.5 Å². The molecule has 154 valence electrons.